The summed E-state index contributed by atoms with van der Waals surface area (Å²) in [5, 5.41) is 64.2. The molecule has 14 heteroatoms. The molecule has 4 aliphatic rings. The number of aliphatic hydroxyl groups is 5. The van der Waals surface area contributed by atoms with Gasteiger partial charge in [0.05, 0.1) is 48.8 Å². The zero-order valence-corrected chi connectivity index (χ0v) is 28.6. The van der Waals surface area contributed by atoms with Gasteiger partial charge in [-0.1, -0.05) is 68.4 Å². The SMILES string of the molecule is CCCCC1C/C=C/C=C/C=C/C=C/C(O[C@@H]2O[C@H](C)[C@@H](O)[C@H](N)[C@@H]2O)CC2O[C@](O)(CC(O)CC3OC3/C=C/C(=O)O1)CC(O)C2C(=O)O. The number of ether oxygens (including phenoxy) is 5. The summed E-state index contributed by atoms with van der Waals surface area (Å²) in [4.78, 5) is 24.8. The number of aliphatic hydroxyl groups excluding tert-OH is 4. The molecule has 8 N–H and O–H groups in total. The molecule has 280 valence electrons. The maximum atomic E-state index is 12.5. The maximum Gasteiger partial charge on any atom is 0.330 e. The number of aliphatic carboxylic acids is 1. The first-order chi connectivity index (χ1) is 23.8. The predicted molar refractivity (Wildman–Crippen MR) is 179 cm³/mol. The number of hydrogen-bond acceptors (Lipinski definition) is 13. The summed E-state index contributed by atoms with van der Waals surface area (Å²) >= 11 is 0. The Morgan fingerprint density at radius 1 is 0.980 bits per heavy atom. The Balaban J connectivity index is 1.58. The molecule has 0 amide bonds. The summed E-state index contributed by atoms with van der Waals surface area (Å²) < 4.78 is 29.0. The molecule has 3 fully saturated rings. The highest BCUT2D eigenvalue weighted by Crippen LogP contribution is 2.39. The topological polar surface area (TPSA) is 231 Å². The molecule has 4 rings (SSSR count). The van der Waals surface area contributed by atoms with Gasteiger partial charge < -0.3 is 60.1 Å². The molecule has 0 spiro atoms. The van der Waals surface area contributed by atoms with Crippen LogP contribution in [0.2, 0.25) is 0 Å². The number of nitrogens with two attached hydrogens (primary N) is 1. The Bertz CT molecular complexity index is 1270. The van der Waals surface area contributed by atoms with Crippen LogP contribution < -0.4 is 5.73 Å². The molecule has 0 radical (unpaired) electrons. The first-order valence-corrected chi connectivity index (χ1v) is 17.4. The van der Waals surface area contributed by atoms with Gasteiger partial charge in [0.25, 0.3) is 0 Å². The largest absolute Gasteiger partial charge is 0.481 e. The Morgan fingerprint density at radius 3 is 2.42 bits per heavy atom. The molecule has 0 aromatic heterocycles. The van der Waals surface area contributed by atoms with Gasteiger partial charge in [0.15, 0.2) is 12.1 Å². The van der Waals surface area contributed by atoms with Gasteiger partial charge in [-0.05, 0) is 19.4 Å². The highest BCUT2D eigenvalue weighted by molar-refractivity contribution is 5.82. The van der Waals surface area contributed by atoms with E-state index >= 15 is 0 Å². The number of fused-ring (bicyclic) bond motifs is 3. The van der Waals surface area contributed by atoms with Crippen LogP contribution in [-0.2, 0) is 33.3 Å². The number of carbonyl (C=O) groups is 2. The molecule has 14 nitrogen and oxygen atoms in total. The monoisotopic (exact) mass is 707 g/mol. The van der Waals surface area contributed by atoms with Crippen molar-refractivity contribution in [2.45, 2.75) is 144 Å². The molecule has 2 bridgehead atoms. The molecule has 0 aromatic rings. The molecule has 0 saturated carbocycles. The number of hydrogen-bond donors (Lipinski definition) is 7. The lowest BCUT2D eigenvalue weighted by molar-refractivity contribution is -0.308. The highest BCUT2D eigenvalue weighted by atomic mass is 16.7. The van der Waals surface area contributed by atoms with Crippen LogP contribution in [0.25, 0.3) is 0 Å². The highest BCUT2D eigenvalue weighted by Gasteiger charge is 2.51. The lowest BCUT2D eigenvalue weighted by Gasteiger charge is -2.45. The van der Waals surface area contributed by atoms with Crippen molar-refractivity contribution in [1.29, 1.82) is 0 Å². The van der Waals surface area contributed by atoms with Crippen molar-refractivity contribution < 1.29 is 63.9 Å². The molecule has 3 saturated heterocycles. The van der Waals surface area contributed by atoms with Crippen LogP contribution >= 0.6 is 0 Å². The summed E-state index contributed by atoms with van der Waals surface area (Å²) in [5.74, 6) is -5.41. The molecule has 14 atom stereocenters. The molecule has 50 heavy (non-hydrogen) atoms. The summed E-state index contributed by atoms with van der Waals surface area (Å²) in [6, 6.07) is -1.08. The number of unbranched alkanes of at least 4 members (excludes halogenated alkanes) is 1. The van der Waals surface area contributed by atoms with Crippen molar-refractivity contribution in [3.05, 3.63) is 60.8 Å². The standard InChI is InChI=1S/C36H53NO13/c1-3-4-12-23-13-10-8-6-5-7-9-11-14-24(48-35-33(42)31(37)32(41)21(2)46-35)18-28-30(34(43)44)25(39)20-36(45,50-28)19-22(38)17-27-26(49-27)15-16-29(40)47-23/h5-11,14-16,21-28,30-33,35,38-39,41-42,45H,3-4,12-13,17-20,37H2,1-2H3,(H,43,44)/b6-5+,9-7+,10-8+,14-11+,16-15+/t21-,22?,23?,24?,25?,26?,27?,28?,30?,31+,32-,33+,35+,36-/m1/s1. The second-order valence-corrected chi connectivity index (χ2v) is 13.5. The van der Waals surface area contributed by atoms with Crippen molar-refractivity contribution >= 4 is 11.9 Å². The first-order valence-electron chi connectivity index (χ1n) is 17.4. The summed E-state index contributed by atoms with van der Waals surface area (Å²) in [6.07, 6.45) is 8.24. The van der Waals surface area contributed by atoms with Gasteiger partial charge >= 0.3 is 11.9 Å². The molecule has 8 unspecified atom stereocenters. The van der Waals surface area contributed by atoms with Crippen molar-refractivity contribution in [2.75, 3.05) is 0 Å². The average molecular weight is 708 g/mol. The number of epoxide rings is 1. The third-order valence-corrected chi connectivity index (χ3v) is 9.35. The van der Waals surface area contributed by atoms with E-state index in [-0.39, 0.29) is 25.4 Å². The van der Waals surface area contributed by atoms with Gasteiger partial charge in [0, 0.05) is 38.2 Å². The third kappa shape index (κ3) is 11.6. The lowest BCUT2D eigenvalue weighted by Crippen LogP contribution is -2.61. The fourth-order valence-electron chi connectivity index (χ4n) is 6.54. The molecular weight excluding hydrogens is 654 g/mol. The van der Waals surface area contributed by atoms with Crippen LogP contribution in [0.3, 0.4) is 0 Å². The molecule has 0 aromatic carbocycles. The van der Waals surface area contributed by atoms with E-state index in [1.807, 2.05) is 18.2 Å². The molecule has 0 aliphatic carbocycles. The van der Waals surface area contributed by atoms with Gasteiger partial charge in [-0.2, -0.15) is 0 Å². The Kier molecular flexibility index (Phi) is 14.9. The van der Waals surface area contributed by atoms with Gasteiger partial charge in [-0.3, -0.25) is 4.79 Å². The first kappa shape index (κ1) is 40.0. The summed E-state index contributed by atoms with van der Waals surface area (Å²) in [6.45, 7) is 3.64. The zero-order valence-electron chi connectivity index (χ0n) is 28.6. The number of rotatable bonds is 6. The molecule has 4 heterocycles. The second kappa shape index (κ2) is 18.6. The van der Waals surface area contributed by atoms with Gasteiger partial charge in [-0.15, -0.1) is 0 Å². The normalized spacial score (nSPS) is 45.1. The minimum Gasteiger partial charge on any atom is -0.481 e. The number of carboxylic acid groups (broad SMARTS) is 1. The number of cyclic esters (lactones) is 1. The van der Waals surface area contributed by atoms with Crippen LogP contribution in [0.4, 0.5) is 0 Å². The van der Waals surface area contributed by atoms with Crippen molar-refractivity contribution in [1.82, 2.24) is 0 Å². The van der Waals surface area contributed by atoms with E-state index in [1.54, 1.807) is 43.4 Å². The zero-order chi connectivity index (χ0) is 36.4. The predicted octanol–water partition coefficient (Wildman–Crippen LogP) is 1.29. The van der Waals surface area contributed by atoms with Crippen molar-refractivity contribution in [2.24, 2.45) is 11.7 Å². The van der Waals surface area contributed by atoms with Crippen LogP contribution in [0, 0.1) is 5.92 Å². The van der Waals surface area contributed by atoms with Crippen LogP contribution in [0.1, 0.15) is 65.2 Å². The smallest absolute Gasteiger partial charge is 0.330 e. The van der Waals surface area contributed by atoms with Gasteiger partial charge in [-0.25, -0.2) is 4.79 Å². The van der Waals surface area contributed by atoms with Crippen molar-refractivity contribution in [3.63, 3.8) is 0 Å². The minimum absolute atomic E-state index is 0.0816. The molecule has 4 aliphatic heterocycles. The lowest BCUT2D eigenvalue weighted by atomic mass is 9.83. The second-order valence-electron chi connectivity index (χ2n) is 13.5. The van der Waals surface area contributed by atoms with Crippen molar-refractivity contribution in [3.8, 4) is 0 Å². The summed E-state index contributed by atoms with van der Waals surface area (Å²) in [7, 11) is 0. The van der Waals surface area contributed by atoms with Gasteiger partial charge in [0.2, 0.25) is 0 Å². The van der Waals surface area contributed by atoms with E-state index in [4.69, 9.17) is 29.4 Å². The number of carboxylic acids is 1. The van der Waals surface area contributed by atoms with E-state index in [0.717, 1.165) is 19.3 Å². The quantitative estimate of drug-likeness (QED) is 0.152. The fourth-order valence-corrected chi connectivity index (χ4v) is 6.54. The minimum atomic E-state index is -2.10. The number of carbonyl (C=O) groups excluding carboxylic acids is 1. The van der Waals surface area contributed by atoms with E-state index < -0.39 is 97.3 Å². The van der Waals surface area contributed by atoms with E-state index in [2.05, 4.69) is 6.92 Å². The van der Waals surface area contributed by atoms with Crippen LogP contribution in [-0.4, -0.2) is 122 Å². The number of esters is 1. The van der Waals surface area contributed by atoms with E-state index in [9.17, 15) is 40.2 Å². The fraction of sp³-hybridized carbons (Fsp3) is 0.667. The average Bonchev–Trinajstić information content (AvgIpc) is 3.78. The van der Waals surface area contributed by atoms with Gasteiger partial charge in [0.1, 0.15) is 24.2 Å². The number of allylic oxidation sites excluding steroid dienone is 6. The van der Waals surface area contributed by atoms with Crippen LogP contribution in [0.15, 0.2) is 60.8 Å². The van der Waals surface area contributed by atoms with E-state index in [1.165, 1.54) is 6.08 Å². The molecular formula is C36H53NO13. The Hall–Kier alpha value is -2.76. The maximum absolute atomic E-state index is 12.5. The van der Waals surface area contributed by atoms with E-state index in [0.29, 0.717) is 6.42 Å². The third-order valence-electron chi connectivity index (χ3n) is 9.35. The Labute approximate surface area is 292 Å². The Morgan fingerprint density at radius 2 is 1.70 bits per heavy atom. The van der Waals surface area contributed by atoms with Crippen LogP contribution in [0.5, 0.6) is 0 Å². The summed E-state index contributed by atoms with van der Waals surface area (Å²) in [5.41, 5.74) is 6.00.